The van der Waals surface area contributed by atoms with E-state index in [2.05, 4.69) is 34.5 Å². The third-order valence-electron chi connectivity index (χ3n) is 6.76. The first-order valence-electron chi connectivity index (χ1n) is 12.3. The molecule has 2 saturated heterocycles. The molecule has 2 heterocycles. The lowest BCUT2D eigenvalue weighted by Crippen LogP contribution is -2.42. The van der Waals surface area contributed by atoms with Gasteiger partial charge in [-0.2, -0.15) is 4.31 Å². The number of piperidine rings is 2. The van der Waals surface area contributed by atoms with Gasteiger partial charge in [0.25, 0.3) is 0 Å². The number of hydrogen-bond acceptors (Lipinski definition) is 4. The Hall–Kier alpha value is -2.48. The fourth-order valence-corrected chi connectivity index (χ4v) is 5.88. The molecule has 6 nitrogen and oxygen atoms in total. The summed E-state index contributed by atoms with van der Waals surface area (Å²) in [5.41, 5.74) is 3.24. The van der Waals surface area contributed by atoms with Gasteiger partial charge in [0, 0.05) is 37.5 Å². The second-order valence-corrected chi connectivity index (χ2v) is 11.1. The fraction of sp³-hybridized carbons (Fsp3) is 0.444. The Kier molecular flexibility index (Phi) is 8.53. The van der Waals surface area contributed by atoms with E-state index in [1.165, 1.54) is 47.6 Å². The molecule has 0 bridgehead atoms. The highest BCUT2D eigenvalue weighted by molar-refractivity contribution is 7.92. The van der Waals surface area contributed by atoms with Gasteiger partial charge in [-0.1, -0.05) is 61.0 Å². The normalized spacial score (nSPS) is 18.8. The molecule has 7 heteroatoms. The average Bonchev–Trinajstić information content (AvgIpc) is 2.88. The van der Waals surface area contributed by atoms with E-state index < -0.39 is 10.0 Å². The number of nitrogens with one attached hydrogen (secondary N) is 1. The molecule has 0 radical (unpaired) electrons. The Morgan fingerprint density at radius 3 is 2.21 bits per heavy atom. The van der Waals surface area contributed by atoms with Crippen molar-refractivity contribution in [2.45, 2.75) is 45.2 Å². The van der Waals surface area contributed by atoms with E-state index in [9.17, 15) is 13.2 Å². The quantitative estimate of drug-likeness (QED) is 0.619. The summed E-state index contributed by atoms with van der Waals surface area (Å²) >= 11 is 0. The lowest BCUT2D eigenvalue weighted by Gasteiger charge is -2.29. The summed E-state index contributed by atoms with van der Waals surface area (Å²) in [5.74, 6) is -0.141. The molecule has 0 unspecified atom stereocenters. The van der Waals surface area contributed by atoms with Crippen LogP contribution in [0.25, 0.3) is 6.08 Å². The topological polar surface area (TPSA) is 69.7 Å². The van der Waals surface area contributed by atoms with E-state index in [4.69, 9.17) is 0 Å². The molecule has 0 atom stereocenters. The van der Waals surface area contributed by atoms with Crippen LogP contribution in [0.3, 0.4) is 0 Å². The molecule has 0 spiro atoms. The van der Waals surface area contributed by atoms with E-state index in [1.54, 1.807) is 6.08 Å². The van der Waals surface area contributed by atoms with Crippen LogP contribution in [0.1, 0.15) is 48.8 Å². The second-order valence-electron chi connectivity index (χ2n) is 9.30. The molecule has 0 aliphatic carbocycles. The van der Waals surface area contributed by atoms with Crippen molar-refractivity contribution in [3.05, 3.63) is 76.7 Å². The Morgan fingerprint density at radius 2 is 1.53 bits per heavy atom. The minimum absolute atomic E-state index is 0.00858. The van der Waals surface area contributed by atoms with Gasteiger partial charge in [0.1, 0.15) is 0 Å². The Balaban J connectivity index is 1.21. The van der Waals surface area contributed by atoms with Gasteiger partial charge in [-0.3, -0.25) is 9.69 Å². The van der Waals surface area contributed by atoms with Gasteiger partial charge in [0.15, 0.2) is 0 Å². The van der Waals surface area contributed by atoms with Crippen molar-refractivity contribution in [2.75, 3.05) is 26.2 Å². The highest BCUT2D eigenvalue weighted by atomic mass is 32.2. The minimum Gasteiger partial charge on any atom is -0.352 e. The summed E-state index contributed by atoms with van der Waals surface area (Å²) in [4.78, 5) is 15.2. The van der Waals surface area contributed by atoms with Crippen LogP contribution in [0.15, 0.2) is 60.0 Å². The van der Waals surface area contributed by atoms with Gasteiger partial charge < -0.3 is 5.32 Å². The fourth-order valence-electron chi connectivity index (χ4n) is 4.66. The molecule has 4 rings (SSSR count). The Bertz CT molecular complexity index is 1050. The molecule has 2 aliphatic rings. The van der Waals surface area contributed by atoms with E-state index in [-0.39, 0.29) is 11.8 Å². The van der Waals surface area contributed by atoms with Gasteiger partial charge in [-0.15, -0.1) is 0 Å². The van der Waals surface area contributed by atoms with E-state index in [0.29, 0.717) is 32.5 Å². The Labute approximate surface area is 203 Å². The summed E-state index contributed by atoms with van der Waals surface area (Å²) in [6.07, 6.45) is 6.62. The maximum atomic E-state index is 12.7. The van der Waals surface area contributed by atoms with Crippen LogP contribution in [-0.4, -0.2) is 49.7 Å². The summed E-state index contributed by atoms with van der Waals surface area (Å²) in [5, 5.41) is 4.30. The van der Waals surface area contributed by atoms with Crippen LogP contribution in [0.4, 0.5) is 0 Å². The van der Waals surface area contributed by atoms with Crippen LogP contribution in [-0.2, 0) is 27.9 Å². The van der Waals surface area contributed by atoms with Gasteiger partial charge >= 0.3 is 0 Å². The number of sulfonamides is 1. The summed E-state index contributed by atoms with van der Waals surface area (Å²) < 4.78 is 26.7. The molecule has 2 aliphatic heterocycles. The SMILES string of the molecule is O=C(NCc1ccc(CN2CCCCC2)cc1)C1CCN(S(=O)(=O)/C=C/c2ccccc2)CC1. The van der Waals surface area contributed by atoms with Gasteiger partial charge in [-0.05, 0) is 61.5 Å². The number of likely N-dealkylation sites (tertiary alicyclic amines) is 1. The van der Waals surface area contributed by atoms with E-state index in [1.807, 2.05) is 30.3 Å². The number of amides is 1. The van der Waals surface area contributed by atoms with Crippen LogP contribution in [0.5, 0.6) is 0 Å². The zero-order valence-corrected chi connectivity index (χ0v) is 20.6. The van der Waals surface area contributed by atoms with Crippen LogP contribution in [0, 0.1) is 5.92 Å². The molecule has 2 aromatic carbocycles. The first-order chi connectivity index (χ1) is 16.5. The molecule has 1 N–H and O–H groups in total. The van der Waals surface area contributed by atoms with Crippen molar-refractivity contribution in [2.24, 2.45) is 5.92 Å². The highest BCUT2D eigenvalue weighted by Crippen LogP contribution is 2.21. The number of carbonyl (C=O) groups is 1. The third-order valence-corrected chi connectivity index (χ3v) is 8.33. The summed E-state index contributed by atoms with van der Waals surface area (Å²) in [6, 6.07) is 17.9. The lowest BCUT2D eigenvalue weighted by molar-refractivity contribution is -0.126. The van der Waals surface area contributed by atoms with Crippen LogP contribution >= 0.6 is 0 Å². The van der Waals surface area contributed by atoms with Gasteiger partial charge in [0.05, 0.1) is 0 Å². The largest absolute Gasteiger partial charge is 0.352 e. The number of nitrogens with zero attached hydrogens (tertiary/aromatic N) is 2. The Morgan fingerprint density at radius 1 is 0.882 bits per heavy atom. The lowest BCUT2D eigenvalue weighted by atomic mass is 9.97. The molecule has 0 saturated carbocycles. The smallest absolute Gasteiger partial charge is 0.236 e. The van der Waals surface area contributed by atoms with Crippen LogP contribution in [0.2, 0.25) is 0 Å². The van der Waals surface area contributed by atoms with Crippen molar-refractivity contribution in [3.63, 3.8) is 0 Å². The molecule has 0 aromatic heterocycles. The molecule has 182 valence electrons. The number of rotatable bonds is 8. The molecular formula is C27H35N3O3S. The van der Waals surface area contributed by atoms with Crippen molar-refractivity contribution >= 4 is 22.0 Å². The average molecular weight is 482 g/mol. The van der Waals surface area contributed by atoms with Gasteiger partial charge in [0.2, 0.25) is 15.9 Å². The monoisotopic (exact) mass is 481 g/mol. The number of hydrogen-bond donors (Lipinski definition) is 1. The van der Waals surface area contributed by atoms with Crippen molar-refractivity contribution in [1.29, 1.82) is 0 Å². The predicted octanol–water partition coefficient (Wildman–Crippen LogP) is 4.00. The highest BCUT2D eigenvalue weighted by Gasteiger charge is 2.29. The van der Waals surface area contributed by atoms with E-state index >= 15 is 0 Å². The molecule has 2 fully saturated rings. The molecular weight excluding hydrogens is 446 g/mol. The molecule has 34 heavy (non-hydrogen) atoms. The zero-order chi connectivity index (χ0) is 23.8. The number of carbonyl (C=O) groups excluding carboxylic acids is 1. The minimum atomic E-state index is -3.48. The third kappa shape index (κ3) is 7.01. The standard InChI is InChI=1S/C27H35N3O3S/c31-27(28-21-24-9-11-25(12-10-24)22-29-16-5-2-6-17-29)26-13-18-30(19-14-26)34(32,33)20-15-23-7-3-1-4-8-23/h1,3-4,7-12,15,20,26H,2,5-6,13-14,16-19,21-22H2,(H,28,31)/b20-15+. The first-order valence-corrected chi connectivity index (χ1v) is 13.8. The molecule has 1 amide bonds. The maximum Gasteiger partial charge on any atom is 0.236 e. The molecule has 2 aromatic rings. The van der Waals surface area contributed by atoms with Crippen molar-refractivity contribution < 1.29 is 13.2 Å². The second kappa shape index (κ2) is 11.8. The summed E-state index contributed by atoms with van der Waals surface area (Å²) in [6.45, 7) is 4.59. The summed E-state index contributed by atoms with van der Waals surface area (Å²) in [7, 11) is -3.48. The predicted molar refractivity (Wildman–Crippen MR) is 136 cm³/mol. The number of benzene rings is 2. The zero-order valence-electron chi connectivity index (χ0n) is 19.7. The van der Waals surface area contributed by atoms with Crippen molar-refractivity contribution in [3.8, 4) is 0 Å². The van der Waals surface area contributed by atoms with Crippen molar-refractivity contribution in [1.82, 2.24) is 14.5 Å². The van der Waals surface area contributed by atoms with E-state index in [0.717, 1.165) is 17.7 Å². The van der Waals surface area contributed by atoms with Crippen LogP contribution < -0.4 is 5.32 Å². The van der Waals surface area contributed by atoms with Gasteiger partial charge in [-0.25, -0.2) is 8.42 Å². The maximum absolute atomic E-state index is 12.7. The first kappa shape index (κ1) is 24.6.